The maximum atomic E-state index is 5.39. The molecule has 0 saturated heterocycles. The molecule has 0 spiro atoms. The van der Waals surface area contributed by atoms with Crippen LogP contribution < -0.4 is 11.5 Å². The van der Waals surface area contributed by atoms with Crippen molar-refractivity contribution in [2.75, 3.05) is 11.5 Å². The molecule has 0 fully saturated rings. The van der Waals surface area contributed by atoms with E-state index in [0.717, 1.165) is 0 Å². The van der Waals surface area contributed by atoms with E-state index in [9.17, 15) is 0 Å². The largest absolute Gasteiger partial charge is 0.397 e. The molecule has 0 aliphatic carbocycles. The fourth-order valence-corrected chi connectivity index (χ4v) is 0.511. The minimum atomic E-state index is 0. The molecule has 0 atom stereocenters. The molecule has 3 heteroatoms. The molecular formula is C6H8AuN2. The van der Waals surface area contributed by atoms with Crippen LogP contribution in [0.15, 0.2) is 24.3 Å². The van der Waals surface area contributed by atoms with Gasteiger partial charge in [-0.25, -0.2) is 0 Å². The predicted octanol–water partition coefficient (Wildman–Crippen LogP) is 0.849. The first kappa shape index (κ1) is 8.56. The third-order valence-electron chi connectivity index (χ3n) is 0.996. The van der Waals surface area contributed by atoms with Crippen molar-refractivity contribution in [1.29, 1.82) is 0 Å². The van der Waals surface area contributed by atoms with Gasteiger partial charge in [0.2, 0.25) is 0 Å². The molecular weight excluding hydrogens is 297 g/mol. The Labute approximate surface area is 69.7 Å². The third-order valence-corrected chi connectivity index (χ3v) is 0.996. The molecule has 1 aromatic carbocycles. The van der Waals surface area contributed by atoms with Crippen LogP contribution in [-0.4, -0.2) is 0 Å². The van der Waals surface area contributed by atoms with E-state index in [-0.39, 0.29) is 22.4 Å². The van der Waals surface area contributed by atoms with E-state index < -0.39 is 0 Å². The van der Waals surface area contributed by atoms with Gasteiger partial charge in [-0.2, -0.15) is 0 Å². The average Bonchev–Trinajstić information content (AvgIpc) is 1.77. The van der Waals surface area contributed by atoms with Gasteiger partial charge in [0, 0.05) is 22.4 Å². The molecule has 4 N–H and O–H groups in total. The number of benzene rings is 1. The molecule has 0 saturated carbocycles. The summed E-state index contributed by atoms with van der Waals surface area (Å²) in [6, 6.07) is 7.25. The second-order valence-corrected chi connectivity index (χ2v) is 1.63. The summed E-state index contributed by atoms with van der Waals surface area (Å²) in [4.78, 5) is 0. The fraction of sp³-hybridized carbons (Fsp3) is 0. The van der Waals surface area contributed by atoms with Crippen LogP contribution in [0.5, 0.6) is 0 Å². The summed E-state index contributed by atoms with van der Waals surface area (Å²) in [6.07, 6.45) is 0. The number of hydrogen-bond donors (Lipinski definition) is 2. The molecule has 0 bridgehead atoms. The molecule has 0 heterocycles. The van der Waals surface area contributed by atoms with Gasteiger partial charge >= 0.3 is 0 Å². The van der Waals surface area contributed by atoms with Gasteiger partial charge in [-0.05, 0) is 12.1 Å². The number of rotatable bonds is 0. The SMILES string of the molecule is Nc1ccccc1N.[Au]. The smallest absolute Gasteiger partial charge is 0.0547 e. The Morgan fingerprint density at radius 1 is 0.889 bits per heavy atom. The Bertz CT molecular complexity index is 167. The topological polar surface area (TPSA) is 52.0 Å². The van der Waals surface area contributed by atoms with Crippen LogP contribution in [0.1, 0.15) is 0 Å². The minimum Gasteiger partial charge on any atom is -0.397 e. The quantitative estimate of drug-likeness (QED) is 0.551. The number of hydrogen-bond acceptors (Lipinski definition) is 2. The van der Waals surface area contributed by atoms with E-state index in [1.54, 1.807) is 12.1 Å². The first-order valence-electron chi connectivity index (χ1n) is 2.40. The molecule has 0 aliphatic rings. The summed E-state index contributed by atoms with van der Waals surface area (Å²) >= 11 is 0. The maximum absolute atomic E-state index is 5.39. The summed E-state index contributed by atoms with van der Waals surface area (Å²) < 4.78 is 0. The summed E-state index contributed by atoms with van der Waals surface area (Å²) in [5.41, 5.74) is 12.1. The van der Waals surface area contributed by atoms with Crippen molar-refractivity contribution in [1.82, 2.24) is 0 Å². The average molecular weight is 305 g/mol. The molecule has 0 unspecified atom stereocenters. The van der Waals surface area contributed by atoms with Crippen LogP contribution in [-0.2, 0) is 22.4 Å². The third kappa shape index (κ3) is 2.10. The van der Waals surface area contributed by atoms with Crippen molar-refractivity contribution in [3.05, 3.63) is 24.3 Å². The number of nitrogen functional groups attached to an aromatic ring is 2. The number of para-hydroxylation sites is 2. The zero-order valence-corrected chi connectivity index (χ0v) is 6.93. The second kappa shape index (κ2) is 3.56. The van der Waals surface area contributed by atoms with Crippen LogP contribution in [0.25, 0.3) is 0 Å². The minimum absolute atomic E-state index is 0. The first-order chi connectivity index (χ1) is 3.80. The van der Waals surface area contributed by atoms with Gasteiger partial charge in [-0.15, -0.1) is 0 Å². The van der Waals surface area contributed by atoms with Crippen molar-refractivity contribution in [2.24, 2.45) is 0 Å². The van der Waals surface area contributed by atoms with Gasteiger partial charge in [-0.1, -0.05) is 12.1 Å². The van der Waals surface area contributed by atoms with E-state index in [2.05, 4.69) is 0 Å². The van der Waals surface area contributed by atoms with E-state index >= 15 is 0 Å². The van der Waals surface area contributed by atoms with E-state index in [1.807, 2.05) is 12.1 Å². The zero-order valence-electron chi connectivity index (χ0n) is 4.77. The maximum Gasteiger partial charge on any atom is 0.0547 e. The Kier molecular flexibility index (Phi) is 3.39. The molecule has 0 aliphatic heterocycles. The van der Waals surface area contributed by atoms with E-state index in [4.69, 9.17) is 11.5 Å². The Morgan fingerprint density at radius 3 is 1.44 bits per heavy atom. The number of nitrogens with two attached hydrogens (primary N) is 2. The molecule has 1 rings (SSSR count). The second-order valence-electron chi connectivity index (χ2n) is 1.63. The van der Waals surface area contributed by atoms with Crippen LogP contribution in [0.2, 0.25) is 0 Å². The Morgan fingerprint density at radius 2 is 1.22 bits per heavy atom. The molecule has 9 heavy (non-hydrogen) atoms. The predicted molar refractivity (Wildman–Crippen MR) is 35.3 cm³/mol. The van der Waals surface area contributed by atoms with Crippen molar-refractivity contribution >= 4 is 11.4 Å². The van der Waals surface area contributed by atoms with Crippen LogP contribution in [0.3, 0.4) is 0 Å². The van der Waals surface area contributed by atoms with Crippen molar-refractivity contribution in [3.63, 3.8) is 0 Å². The Balaban J connectivity index is 0.000000640. The number of anilines is 2. The molecule has 2 nitrogen and oxygen atoms in total. The van der Waals surface area contributed by atoms with Crippen LogP contribution >= 0.6 is 0 Å². The Hall–Kier alpha value is -0.440. The molecule has 1 aromatic rings. The van der Waals surface area contributed by atoms with Crippen LogP contribution in [0.4, 0.5) is 11.4 Å². The van der Waals surface area contributed by atoms with Gasteiger partial charge in [0.05, 0.1) is 11.4 Å². The zero-order chi connectivity index (χ0) is 5.98. The van der Waals surface area contributed by atoms with Crippen LogP contribution in [0, 0.1) is 0 Å². The molecule has 1 radical (unpaired) electrons. The summed E-state index contributed by atoms with van der Waals surface area (Å²) in [6.45, 7) is 0. The van der Waals surface area contributed by atoms with Gasteiger partial charge in [-0.3, -0.25) is 0 Å². The van der Waals surface area contributed by atoms with Gasteiger partial charge in [0.15, 0.2) is 0 Å². The summed E-state index contributed by atoms with van der Waals surface area (Å²) in [7, 11) is 0. The van der Waals surface area contributed by atoms with Gasteiger partial charge < -0.3 is 11.5 Å². The monoisotopic (exact) mass is 305 g/mol. The summed E-state index contributed by atoms with van der Waals surface area (Å²) in [5.74, 6) is 0. The standard InChI is InChI=1S/C6H8N2.Au/c7-5-3-1-2-4-6(5)8;/h1-4H,7-8H2;. The van der Waals surface area contributed by atoms with E-state index in [0.29, 0.717) is 11.4 Å². The molecule has 0 amide bonds. The molecule has 53 valence electrons. The van der Waals surface area contributed by atoms with Gasteiger partial charge in [0.1, 0.15) is 0 Å². The van der Waals surface area contributed by atoms with Gasteiger partial charge in [0.25, 0.3) is 0 Å². The molecule has 0 aromatic heterocycles. The van der Waals surface area contributed by atoms with Crippen molar-refractivity contribution < 1.29 is 22.4 Å². The van der Waals surface area contributed by atoms with Crippen molar-refractivity contribution in [2.45, 2.75) is 0 Å². The summed E-state index contributed by atoms with van der Waals surface area (Å²) in [5, 5.41) is 0. The normalized spacial score (nSPS) is 8.00. The first-order valence-corrected chi connectivity index (χ1v) is 2.40. The van der Waals surface area contributed by atoms with E-state index in [1.165, 1.54) is 0 Å². The van der Waals surface area contributed by atoms with Crippen molar-refractivity contribution in [3.8, 4) is 0 Å². The fourth-order valence-electron chi connectivity index (χ4n) is 0.511.